The summed E-state index contributed by atoms with van der Waals surface area (Å²) in [6, 6.07) is 7.43. The zero-order chi connectivity index (χ0) is 16.0. The summed E-state index contributed by atoms with van der Waals surface area (Å²) in [7, 11) is 0. The number of ether oxygens (including phenoxy) is 1. The third-order valence-electron chi connectivity index (χ3n) is 3.85. The van der Waals surface area contributed by atoms with Gasteiger partial charge in [-0.2, -0.15) is 0 Å². The predicted molar refractivity (Wildman–Crippen MR) is 85.8 cm³/mol. The molecule has 1 aromatic rings. The molecular weight excluding hydrogens is 280 g/mol. The summed E-state index contributed by atoms with van der Waals surface area (Å²) in [5.41, 5.74) is 0.246. The average Bonchev–Trinajstić information content (AvgIpc) is 2.47. The van der Waals surface area contributed by atoms with E-state index >= 15 is 0 Å². The van der Waals surface area contributed by atoms with Crippen molar-refractivity contribution in [3.05, 3.63) is 29.8 Å². The molecule has 0 spiro atoms. The molecule has 3 N–H and O–H groups in total. The SMILES string of the molecule is CC(C)COc1ccccc1CNC(=O)NCC1(O)CCC1. The Morgan fingerprint density at radius 1 is 1.32 bits per heavy atom. The van der Waals surface area contributed by atoms with Crippen LogP contribution in [-0.4, -0.2) is 29.9 Å². The van der Waals surface area contributed by atoms with E-state index in [4.69, 9.17) is 4.74 Å². The number of para-hydroxylation sites is 1. The summed E-state index contributed by atoms with van der Waals surface area (Å²) in [5.74, 6) is 1.25. The molecule has 1 aliphatic carbocycles. The summed E-state index contributed by atoms with van der Waals surface area (Å²) in [5, 5.41) is 15.5. The van der Waals surface area contributed by atoms with Crippen LogP contribution in [0.4, 0.5) is 4.79 Å². The first kappa shape index (κ1) is 16.6. The van der Waals surface area contributed by atoms with Crippen molar-refractivity contribution in [2.75, 3.05) is 13.2 Å². The van der Waals surface area contributed by atoms with Crippen LogP contribution in [0.5, 0.6) is 5.75 Å². The fourth-order valence-corrected chi connectivity index (χ4v) is 2.29. The van der Waals surface area contributed by atoms with Crippen LogP contribution < -0.4 is 15.4 Å². The average molecular weight is 306 g/mol. The number of carbonyl (C=O) groups is 1. The number of nitrogens with one attached hydrogen (secondary N) is 2. The summed E-state index contributed by atoms with van der Waals surface area (Å²) in [4.78, 5) is 11.8. The van der Waals surface area contributed by atoms with Crippen molar-refractivity contribution in [1.29, 1.82) is 0 Å². The highest BCUT2D eigenvalue weighted by atomic mass is 16.5. The second-order valence-corrected chi connectivity index (χ2v) is 6.43. The molecule has 2 rings (SSSR count). The second kappa shape index (κ2) is 7.49. The number of amides is 2. The molecule has 0 saturated heterocycles. The van der Waals surface area contributed by atoms with E-state index in [1.807, 2.05) is 24.3 Å². The molecule has 0 aromatic heterocycles. The van der Waals surface area contributed by atoms with Crippen LogP contribution in [0.2, 0.25) is 0 Å². The van der Waals surface area contributed by atoms with Gasteiger partial charge in [-0.3, -0.25) is 0 Å². The van der Waals surface area contributed by atoms with E-state index in [1.165, 1.54) is 0 Å². The van der Waals surface area contributed by atoms with Gasteiger partial charge in [0.2, 0.25) is 0 Å². The topological polar surface area (TPSA) is 70.6 Å². The number of rotatable bonds is 7. The van der Waals surface area contributed by atoms with Gasteiger partial charge in [0.1, 0.15) is 5.75 Å². The van der Waals surface area contributed by atoms with Crippen molar-refractivity contribution in [1.82, 2.24) is 10.6 Å². The minimum absolute atomic E-state index is 0.265. The monoisotopic (exact) mass is 306 g/mol. The Morgan fingerprint density at radius 3 is 2.68 bits per heavy atom. The lowest BCUT2D eigenvalue weighted by Crippen LogP contribution is -2.49. The van der Waals surface area contributed by atoms with Gasteiger partial charge in [0.25, 0.3) is 0 Å². The van der Waals surface area contributed by atoms with Crippen molar-refractivity contribution in [2.24, 2.45) is 5.92 Å². The van der Waals surface area contributed by atoms with E-state index in [0.717, 1.165) is 30.6 Å². The number of hydrogen-bond acceptors (Lipinski definition) is 3. The van der Waals surface area contributed by atoms with E-state index in [9.17, 15) is 9.90 Å². The Balaban J connectivity index is 1.79. The van der Waals surface area contributed by atoms with Gasteiger partial charge in [-0.15, -0.1) is 0 Å². The molecule has 5 heteroatoms. The smallest absolute Gasteiger partial charge is 0.315 e. The van der Waals surface area contributed by atoms with Gasteiger partial charge in [-0.1, -0.05) is 32.0 Å². The Labute approximate surface area is 132 Å². The molecule has 1 aliphatic rings. The molecule has 0 unspecified atom stereocenters. The number of benzene rings is 1. The molecule has 1 aromatic carbocycles. The van der Waals surface area contributed by atoms with Crippen LogP contribution in [0.15, 0.2) is 24.3 Å². The van der Waals surface area contributed by atoms with Gasteiger partial charge in [-0.25, -0.2) is 4.79 Å². The molecule has 1 fully saturated rings. The quantitative estimate of drug-likeness (QED) is 0.724. The molecule has 122 valence electrons. The lowest BCUT2D eigenvalue weighted by atomic mass is 9.80. The van der Waals surface area contributed by atoms with E-state index in [-0.39, 0.29) is 6.03 Å². The third-order valence-corrected chi connectivity index (χ3v) is 3.85. The maximum absolute atomic E-state index is 11.8. The van der Waals surface area contributed by atoms with Gasteiger partial charge < -0.3 is 20.5 Å². The fraction of sp³-hybridized carbons (Fsp3) is 0.588. The lowest BCUT2D eigenvalue weighted by Gasteiger charge is -2.36. The molecule has 0 aliphatic heterocycles. The van der Waals surface area contributed by atoms with E-state index in [1.54, 1.807) is 0 Å². The van der Waals surface area contributed by atoms with Crippen LogP contribution >= 0.6 is 0 Å². The first-order chi connectivity index (χ1) is 10.5. The summed E-state index contributed by atoms with van der Waals surface area (Å²) >= 11 is 0. The minimum atomic E-state index is -0.699. The van der Waals surface area contributed by atoms with Crippen molar-refractivity contribution in [2.45, 2.75) is 45.3 Å². The predicted octanol–water partition coefficient (Wildman–Crippen LogP) is 2.44. The normalized spacial score (nSPS) is 16.0. The van der Waals surface area contributed by atoms with Crippen molar-refractivity contribution >= 4 is 6.03 Å². The van der Waals surface area contributed by atoms with Gasteiger partial charge in [0, 0.05) is 18.7 Å². The minimum Gasteiger partial charge on any atom is -0.493 e. The van der Waals surface area contributed by atoms with Crippen LogP contribution in [0.3, 0.4) is 0 Å². The van der Waals surface area contributed by atoms with Crippen LogP contribution in [0, 0.1) is 5.92 Å². The Kier molecular flexibility index (Phi) is 5.66. The highest BCUT2D eigenvalue weighted by Crippen LogP contribution is 2.30. The molecule has 0 radical (unpaired) electrons. The Hall–Kier alpha value is -1.75. The molecule has 0 bridgehead atoms. The van der Waals surface area contributed by atoms with Gasteiger partial charge in [0.15, 0.2) is 0 Å². The van der Waals surface area contributed by atoms with Crippen LogP contribution in [0.1, 0.15) is 38.7 Å². The molecule has 22 heavy (non-hydrogen) atoms. The number of carbonyl (C=O) groups excluding carboxylic acids is 1. The molecule has 1 saturated carbocycles. The zero-order valence-corrected chi connectivity index (χ0v) is 13.4. The molecular formula is C17H26N2O3. The summed E-state index contributed by atoms with van der Waals surface area (Å²) < 4.78 is 5.76. The Bertz CT molecular complexity index is 498. The summed E-state index contributed by atoms with van der Waals surface area (Å²) in [6.07, 6.45) is 2.55. The summed E-state index contributed by atoms with van der Waals surface area (Å²) in [6.45, 7) is 5.55. The Morgan fingerprint density at radius 2 is 2.05 bits per heavy atom. The number of hydrogen-bond donors (Lipinski definition) is 3. The lowest BCUT2D eigenvalue weighted by molar-refractivity contribution is -0.0290. The van der Waals surface area contributed by atoms with Crippen LogP contribution in [-0.2, 0) is 6.54 Å². The highest BCUT2D eigenvalue weighted by Gasteiger charge is 2.34. The second-order valence-electron chi connectivity index (χ2n) is 6.43. The maximum atomic E-state index is 11.8. The van der Waals surface area contributed by atoms with Crippen molar-refractivity contribution in [3.8, 4) is 5.75 Å². The molecule has 5 nitrogen and oxygen atoms in total. The standard InChI is InChI=1S/C17H26N2O3/c1-13(2)11-22-15-7-4-3-6-14(15)10-18-16(20)19-12-17(21)8-5-9-17/h3-4,6-7,13,21H,5,8-12H2,1-2H3,(H2,18,19,20). The van der Waals surface area contributed by atoms with Gasteiger partial charge >= 0.3 is 6.03 Å². The van der Waals surface area contributed by atoms with Gasteiger partial charge in [0.05, 0.1) is 12.2 Å². The molecule has 0 atom stereocenters. The fourth-order valence-electron chi connectivity index (χ4n) is 2.29. The van der Waals surface area contributed by atoms with Crippen LogP contribution in [0.25, 0.3) is 0 Å². The van der Waals surface area contributed by atoms with Crippen molar-refractivity contribution in [3.63, 3.8) is 0 Å². The van der Waals surface area contributed by atoms with E-state index in [0.29, 0.717) is 25.6 Å². The molecule has 2 amide bonds. The maximum Gasteiger partial charge on any atom is 0.315 e. The third kappa shape index (κ3) is 4.91. The van der Waals surface area contributed by atoms with Gasteiger partial charge in [-0.05, 0) is 31.2 Å². The van der Waals surface area contributed by atoms with E-state index < -0.39 is 5.60 Å². The largest absolute Gasteiger partial charge is 0.493 e. The number of aliphatic hydroxyl groups is 1. The number of urea groups is 1. The zero-order valence-electron chi connectivity index (χ0n) is 13.4. The van der Waals surface area contributed by atoms with Crippen molar-refractivity contribution < 1.29 is 14.6 Å². The highest BCUT2D eigenvalue weighted by molar-refractivity contribution is 5.74. The first-order valence-corrected chi connectivity index (χ1v) is 7.93. The molecule has 0 heterocycles. The first-order valence-electron chi connectivity index (χ1n) is 7.93. The van der Waals surface area contributed by atoms with E-state index in [2.05, 4.69) is 24.5 Å².